The summed E-state index contributed by atoms with van der Waals surface area (Å²) in [6, 6.07) is 7.62. The number of anilines is 1. The molecule has 0 aliphatic rings. The largest absolute Gasteiger partial charge is 0.478 e. The topological polar surface area (TPSA) is 130 Å². The maximum atomic E-state index is 11.4. The predicted octanol–water partition coefficient (Wildman–Crippen LogP) is 2.79. The summed E-state index contributed by atoms with van der Waals surface area (Å²) in [6.07, 6.45) is 0. The average molecular weight is 358 g/mol. The highest BCUT2D eigenvalue weighted by Crippen LogP contribution is 2.29. The number of benzene rings is 1. The van der Waals surface area contributed by atoms with Crippen molar-refractivity contribution in [2.24, 2.45) is 0 Å². The molecule has 3 aromatic rings. The monoisotopic (exact) mass is 358 g/mol. The van der Waals surface area contributed by atoms with Crippen LogP contribution >= 0.6 is 11.3 Å². The minimum atomic E-state index is -1.71. The summed E-state index contributed by atoms with van der Waals surface area (Å²) in [5, 5.41) is 27.7. The van der Waals surface area contributed by atoms with Gasteiger partial charge in [0.15, 0.2) is 5.76 Å². The number of nitrogens with zero attached hydrogens (tertiary/aromatic N) is 1. The van der Waals surface area contributed by atoms with E-state index in [1.165, 1.54) is 29.5 Å². The van der Waals surface area contributed by atoms with Crippen molar-refractivity contribution >= 4 is 34.9 Å². The lowest BCUT2D eigenvalue weighted by molar-refractivity contribution is -0.147. The van der Waals surface area contributed by atoms with Crippen LogP contribution in [-0.2, 0) is 9.59 Å². The first-order valence-electron chi connectivity index (χ1n) is 6.87. The molecule has 1 amide bonds. The van der Waals surface area contributed by atoms with Crippen LogP contribution in [0.3, 0.4) is 0 Å². The van der Waals surface area contributed by atoms with E-state index < -0.39 is 17.8 Å². The van der Waals surface area contributed by atoms with Gasteiger partial charge in [0.1, 0.15) is 5.69 Å². The van der Waals surface area contributed by atoms with Gasteiger partial charge < -0.3 is 20.1 Å². The van der Waals surface area contributed by atoms with Crippen molar-refractivity contribution in [1.82, 2.24) is 5.16 Å². The van der Waals surface area contributed by atoms with Gasteiger partial charge in [-0.2, -0.15) is 11.3 Å². The van der Waals surface area contributed by atoms with Crippen molar-refractivity contribution in [3.8, 4) is 22.6 Å². The van der Waals surface area contributed by atoms with Crippen molar-refractivity contribution in [2.75, 3.05) is 5.32 Å². The van der Waals surface area contributed by atoms with E-state index in [1.54, 1.807) is 6.07 Å². The molecule has 0 aliphatic heterocycles. The summed E-state index contributed by atoms with van der Waals surface area (Å²) in [5.41, 5.74) is 1.53. The third kappa shape index (κ3) is 3.40. The zero-order valence-electron chi connectivity index (χ0n) is 12.4. The van der Waals surface area contributed by atoms with E-state index >= 15 is 0 Å². The molecule has 3 rings (SSSR count). The van der Waals surface area contributed by atoms with Gasteiger partial charge in [-0.15, -0.1) is 0 Å². The highest BCUT2D eigenvalue weighted by Gasteiger charge is 2.19. The average Bonchev–Trinajstić information content (AvgIpc) is 3.26. The maximum absolute atomic E-state index is 11.4. The van der Waals surface area contributed by atoms with Gasteiger partial charge in [0.05, 0.1) is 11.3 Å². The second-order valence-corrected chi connectivity index (χ2v) is 5.69. The standard InChI is InChI=1S/C16H10N2O6S/c19-14(16(22)23)17-11-2-1-8(5-10(11)15(20)21)13-6-12(18-24-13)9-3-4-25-7-9/h1-7H,(H,17,19)(H,20,21)(H,22,23). The van der Waals surface area contributed by atoms with Gasteiger partial charge in [0.25, 0.3) is 0 Å². The number of nitrogens with one attached hydrogen (secondary N) is 1. The molecule has 126 valence electrons. The van der Waals surface area contributed by atoms with Crippen molar-refractivity contribution in [2.45, 2.75) is 0 Å². The fourth-order valence-corrected chi connectivity index (χ4v) is 2.77. The first-order chi connectivity index (χ1) is 12.0. The van der Waals surface area contributed by atoms with Crippen LogP contribution in [-0.4, -0.2) is 33.2 Å². The van der Waals surface area contributed by atoms with Crippen LogP contribution in [0.1, 0.15) is 10.4 Å². The lowest BCUT2D eigenvalue weighted by Crippen LogP contribution is -2.23. The van der Waals surface area contributed by atoms with E-state index in [-0.39, 0.29) is 11.3 Å². The highest BCUT2D eigenvalue weighted by atomic mass is 32.1. The van der Waals surface area contributed by atoms with Gasteiger partial charge in [0.2, 0.25) is 0 Å². The molecule has 9 heteroatoms. The molecular formula is C16H10N2O6S. The van der Waals surface area contributed by atoms with E-state index in [2.05, 4.69) is 5.16 Å². The minimum absolute atomic E-state index is 0.124. The van der Waals surface area contributed by atoms with Gasteiger partial charge in [-0.3, -0.25) is 4.79 Å². The van der Waals surface area contributed by atoms with E-state index in [1.807, 2.05) is 22.1 Å². The molecule has 0 saturated carbocycles. The Balaban J connectivity index is 1.95. The Morgan fingerprint density at radius 3 is 2.52 bits per heavy atom. The van der Waals surface area contributed by atoms with Crippen LogP contribution in [0.15, 0.2) is 45.6 Å². The SMILES string of the molecule is O=C(O)C(=O)Nc1ccc(-c2cc(-c3ccsc3)no2)cc1C(=O)O. The van der Waals surface area contributed by atoms with Crippen LogP contribution in [0.4, 0.5) is 5.69 Å². The molecule has 0 radical (unpaired) electrons. The number of aliphatic carboxylic acids is 1. The Bertz CT molecular complexity index is 961. The summed E-state index contributed by atoms with van der Waals surface area (Å²) in [7, 11) is 0. The third-order valence-electron chi connectivity index (χ3n) is 3.30. The molecule has 8 nitrogen and oxygen atoms in total. The molecule has 2 aromatic heterocycles. The molecule has 3 N–H and O–H groups in total. The fraction of sp³-hybridized carbons (Fsp3) is 0. The van der Waals surface area contributed by atoms with Gasteiger partial charge in [0, 0.05) is 22.6 Å². The predicted molar refractivity (Wildman–Crippen MR) is 88.5 cm³/mol. The van der Waals surface area contributed by atoms with Crippen molar-refractivity contribution in [3.63, 3.8) is 0 Å². The summed E-state index contributed by atoms with van der Waals surface area (Å²) in [5.74, 6) is -4.01. The zero-order valence-corrected chi connectivity index (χ0v) is 13.2. The smallest absolute Gasteiger partial charge is 0.394 e. The molecular weight excluding hydrogens is 348 g/mol. The molecule has 0 saturated heterocycles. The second-order valence-electron chi connectivity index (χ2n) is 4.91. The van der Waals surface area contributed by atoms with Crippen LogP contribution < -0.4 is 5.32 Å². The van der Waals surface area contributed by atoms with Crippen LogP contribution in [0.2, 0.25) is 0 Å². The minimum Gasteiger partial charge on any atom is -0.478 e. The molecule has 0 aliphatic carbocycles. The Labute approximate surface area is 144 Å². The lowest BCUT2D eigenvalue weighted by atomic mass is 10.1. The first kappa shape index (κ1) is 16.4. The number of aromatic nitrogens is 1. The number of hydrogen-bond donors (Lipinski definition) is 3. The Morgan fingerprint density at radius 2 is 1.88 bits per heavy atom. The molecule has 2 heterocycles. The quantitative estimate of drug-likeness (QED) is 0.611. The molecule has 0 unspecified atom stereocenters. The molecule has 0 bridgehead atoms. The first-order valence-corrected chi connectivity index (χ1v) is 7.81. The van der Waals surface area contributed by atoms with Crippen molar-refractivity contribution in [3.05, 3.63) is 46.7 Å². The van der Waals surface area contributed by atoms with Crippen molar-refractivity contribution in [1.29, 1.82) is 0 Å². The number of hydrogen-bond acceptors (Lipinski definition) is 6. The third-order valence-corrected chi connectivity index (χ3v) is 3.99. The molecule has 0 spiro atoms. The molecule has 1 aromatic carbocycles. The number of carbonyl (C=O) groups is 3. The van der Waals surface area contributed by atoms with Crippen LogP contribution in [0.25, 0.3) is 22.6 Å². The number of carboxylic acids is 2. The van der Waals surface area contributed by atoms with E-state index in [0.29, 0.717) is 17.0 Å². The summed E-state index contributed by atoms with van der Waals surface area (Å²) < 4.78 is 5.25. The Morgan fingerprint density at radius 1 is 1.08 bits per heavy atom. The number of thiophene rings is 1. The molecule has 0 atom stereocenters. The van der Waals surface area contributed by atoms with Crippen LogP contribution in [0.5, 0.6) is 0 Å². The fourth-order valence-electron chi connectivity index (χ4n) is 2.12. The molecule has 25 heavy (non-hydrogen) atoms. The second kappa shape index (κ2) is 6.57. The van der Waals surface area contributed by atoms with E-state index in [4.69, 9.17) is 9.63 Å². The summed E-state index contributed by atoms with van der Waals surface area (Å²) >= 11 is 1.51. The van der Waals surface area contributed by atoms with Crippen molar-refractivity contribution < 1.29 is 29.1 Å². The summed E-state index contributed by atoms with van der Waals surface area (Å²) in [6.45, 7) is 0. The Kier molecular flexibility index (Phi) is 4.31. The normalized spacial score (nSPS) is 10.4. The highest BCUT2D eigenvalue weighted by molar-refractivity contribution is 7.08. The van der Waals surface area contributed by atoms with Gasteiger partial charge in [-0.1, -0.05) is 5.16 Å². The van der Waals surface area contributed by atoms with Crippen LogP contribution in [0, 0.1) is 0 Å². The van der Waals surface area contributed by atoms with Gasteiger partial charge >= 0.3 is 17.8 Å². The number of rotatable bonds is 4. The maximum Gasteiger partial charge on any atom is 0.394 e. The zero-order chi connectivity index (χ0) is 18.0. The van der Waals surface area contributed by atoms with E-state index in [9.17, 15) is 19.5 Å². The Hall–Kier alpha value is -3.46. The van der Waals surface area contributed by atoms with E-state index in [0.717, 1.165) is 5.56 Å². The lowest BCUT2D eigenvalue weighted by Gasteiger charge is -2.07. The van der Waals surface area contributed by atoms with Gasteiger partial charge in [-0.25, -0.2) is 9.59 Å². The molecule has 0 fully saturated rings. The number of carboxylic acid groups (broad SMARTS) is 2. The number of carbonyl (C=O) groups excluding carboxylic acids is 1. The summed E-state index contributed by atoms with van der Waals surface area (Å²) in [4.78, 5) is 33.3. The van der Waals surface area contributed by atoms with Gasteiger partial charge in [-0.05, 0) is 29.6 Å². The number of amides is 1. The number of aromatic carboxylic acids is 1.